The van der Waals surface area contributed by atoms with Gasteiger partial charge in [0.1, 0.15) is 0 Å². The zero-order valence-corrected chi connectivity index (χ0v) is 10.5. The van der Waals surface area contributed by atoms with Crippen LogP contribution in [0, 0.1) is 19.8 Å². The van der Waals surface area contributed by atoms with Crippen LogP contribution in [0.25, 0.3) is 0 Å². The molecule has 0 aromatic carbocycles. The van der Waals surface area contributed by atoms with E-state index in [0.717, 1.165) is 23.7 Å². The normalized spacial score (nSPS) is 15.9. The molecule has 0 unspecified atom stereocenters. The fourth-order valence-electron chi connectivity index (χ4n) is 1.75. The molecule has 2 rings (SSSR count). The third kappa shape index (κ3) is 2.64. The molecule has 4 heteroatoms. The molecule has 16 heavy (non-hydrogen) atoms. The summed E-state index contributed by atoms with van der Waals surface area (Å²) in [6.07, 6.45) is 5.16. The predicted molar refractivity (Wildman–Crippen MR) is 64.0 cm³/mol. The van der Waals surface area contributed by atoms with Gasteiger partial charge in [0.05, 0.1) is 18.0 Å². The van der Waals surface area contributed by atoms with Crippen LogP contribution in [0.15, 0.2) is 0 Å². The average molecular weight is 241 g/mol. The maximum Gasteiger partial charge on any atom is 0.252 e. The lowest BCUT2D eigenvalue weighted by Crippen LogP contribution is -2.15. The molecule has 0 radical (unpaired) electrons. The van der Waals surface area contributed by atoms with Crippen LogP contribution in [-0.2, 0) is 0 Å². The van der Waals surface area contributed by atoms with Gasteiger partial charge < -0.3 is 4.74 Å². The van der Waals surface area contributed by atoms with E-state index in [-0.39, 0.29) is 0 Å². The van der Waals surface area contributed by atoms with Crippen LogP contribution in [0.2, 0.25) is 5.15 Å². The van der Waals surface area contributed by atoms with E-state index in [1.54, 1.807) is 0 Å². The average Bonchev–Trinajstić information content (AvgIpc) is 2.17. The second kappa shape index (κ2) is 5.00. The molecule has 0 aliphatic heterocycles. The maximum atomic E-state index is 5.97. The van der Waals surface area contributed by atoms with Gasteiger partial charge in [-0.05, 0) is 26.2 Å². The van der Waals surface area contributed by atoms with E-state index in [0.29, 0.717) is 17.6 Å². The quantitative estimate of drug-likeness (QED) is 0.810. The molecule has 0 spiro atoms. The molecular weight excluding hydrogens is 224 g/mol. The molecule has 0 saturated heterocycles. The number of rotatable bonds is 4. The molecule has 1 aliphatic carbocycles. The Morgan fingerprint density at radius 3 is 2.56 bits per heavy atom. The van der Waals surface area contributed by atoms with Crippen molar-refractivity contribution in [3.05, 3.63) is 16.5 Å². The lowest BCUT2D eigenvalue weighted by Gasteiger charge is -2.24. The third-order valence-electron chi connectivity index (χ3n) is 3.22. The molecule has 1 saturated carbocycles. The van der Waals surface area contributed by atoms with Crippen LogP contribution in [0.1, 0.15) is 37.1 Å². The summed E-state index contributed by atoms with van der Waals surface area (Å²) in [4.78, 5) is 8.48. The second-order valence-electron chi connectivity index (χ2n) is 4.42. The van der Waals surface area contributed by atoms with Gasteiger partial charge >= 0.3 is 0 Å². The first-order valence-corrected chi connectivity index (χ1v) is 6.18. The van der Waals surface area contributed by atoms with Crippen molar-refractivity contribution in [1.82, 2.24) is 9.97 Å². The lowest BCUT2D eigenvalue weighted by molar-refractivity contribution is 0.216. The lowest BCUT2D eigenvalue weighted by atomic mass is 9.83. The van der Waals surface area contributed by atoms with Crippen molar-refractivity contribution in [2.45, 2.75) is 39.5 Å². The van der Waals surface area contributed by atoms with Crippen molar-refractivity contribution in [3.8, 4) is 5.88 Å². The Morgan fingerprint density at radius 1 is 1.25 bits per heavy atom. The van der Waals surface area contributed by atoms with Gasteiger partial charge in [0.2, 0.25) is 0 Å². The first kappa shape index (κ1) is 11.6. The van der Waals surface area contributed by atoms with Crippen molar-refractivity contribution in [3.63, 3.8) is 0 Å². The van der Waals surface area contributed by atoms with Crippen LogP contribution in [0.3, 0.4) is 0 Å². The van der Waals surface area contributed by atoms with Gasteiger partial charge in [-0.3, -0.25) is 0 Å². The highest BCUT2D eigenvalue weighted by Gasteiger charge is 2.17. The van der Waals surface area contributed by atoms with Gasteiger partial charge in [-0.15, -0.1) is 0 Å². The van der Waals surface area contributed by atoms with E-state index in [1.807, 2.05) is 13.8 Å². The highest BCUT2D eigenvalue weighted by molar-refractivity contribution is 6.30. The Balaban J connectivity index is 1.90. The number of ether oxygens (including phenoxy) is 1. The molecule has 0 amide bonds. The van der Waals surface area contributed by atoms with Gasteiger partial charge in [-0.25, -0.2) is 9.97 Å². The highest BCUT2D eigenvalue weighted by atomic mass is 35.5. The summed E-state index contributed by atoms with van der Waals surface area (Å²) in [5, 5.41) is 0.372. The van der Waals surface area contributed by atoms with Crippen molar-refractivity contribution >= 4 is 11.6 Å². The van der Waals surface area contributed by atoms with Gasteiger partial charge in [0.15, 0.2) is 5.15 Å². The number of aromatic nitrogens is 2. The molecule has 1 heterocycles. The van der Waals surface area contributed by atoms with Crippen LogP contribution in [-0.4, -0.2) is 16.6 Å². The van der Waals surface area contributed by atoms with E-state index >= 15 is 0 Å². The molecule has 0 atom stereocenters. The Labute approximate surface area is 101 Å². The van der Waals surface area contributed by atoms with E-state index in [9.17, 15) is 0 Å². The molecule has 1 aromatic rings. The van der Waals surface area contributed by atoms with Gasteiger partial charge in [0.25, 0.3) is 5.88 Å². The summed E-state index contributed by atoms with van der Waals surface area (Å²) in [6, 6.07) is 0. The Kier molecular flexibility index (Phi) is 3.64. The number of nitrogens with zero attached hydrogens (tertiary/aromatic N) is 2. The summed E-state index contributed by atoms with van der Waals surface area (Å²) in [5.74, 6) is 1.32. The largest absolute Gasteiger partial charge is 0.475 e. The molecule has 1 aliphatic rings. The van der Waals surface area contributed by atoms with Crippen molar-refractivity contribution in [1.29, 1.82) is 0 Å². The highest BCUT2D eigenvalue weighted by Crippen LogP contribution is 2.29. The molecule has 88 valence electrons. The fraction of sp³-hybridized carbons (Fsp3) is 0.667. The number of hydrogen-bond acceptors (Lipinski definition) is 3. The number of hydrogen-bond donors (Lipinski definition) is 0. The number of halogens is 1. The molecular formula is C12H17ClN2O. The van der Waals surface area contributed by atoms with Crippen molar-refractivity contribution in [2.75, 3.05) is 6.61 Å². The zero-order valence-electron chi connectivity index (χ0n) is 9.79. The van der Waals surface area contributed by atoms with E-state index in [2.05, 4.69) is 9.97 Å². The van der Waals surface area contributed by atoms with Crippen LogP contribution in [0.4, 0.5) is 0 Å². The summed E-state index contributed by atoms with van der Waals surface area (Å²) in [7, 11) is 0. The molecule has 1 fully saturated rings. The molecule has 0 bridgehead atoms. The van der Waals surface area contributed by atoms with E-state index < -0.39 is 0 Å². The Morgan fingerprint density at radius 2 is 1.94 bits per heavy atom. The predicted octanol–water partition coefficient (Wildman–Crippen LogP) is 3.32. The second-order valence-corrected chi connectivity index (χ2v) is 4.78. The fourth-order valence-corrected chi connectivity index (χ4v) is 1.97. The molecule has 1 aromatic heterocycles. The minimum atomic E-state index is 0.372. The van der Waals surface area contributed by atoms with Gasteiger partial charge in [-0.2, -0.15) is 0 Å². The van der Waals surface area contributed by atoms with Crippen molar-refractivity contribution in [2.24, 2.45) is 5.92 Å². The summed E-state index contributed by atoms with van der Waals surface area (Å²) in [6.45, 7) is 4.51. The third-order valence-corrected chi connectivity index (χ3v) is 3.47. The Bertz CT molecular complexity index is 378. The smallest absolute Gasteiger partial charge is 0.252 e. The first-order chi connectivity index (χ1) is 7.66. The Hall–Kier alpha value is -0.830. The minimum absolute atomic E-state index is 0.372. The zero-order chi connectivity index (χ0) is 11.5. The van der Waals surface area contributed by atoms with Crippen molar-refractivity contribution < 1.29 is 4.74 Å². The molecule has 0 N–H and O–H groups in total. The van der Waals surface area contributed by atoms with Crippen LogP contribution < -0.4 is 4.74 Å². The molecule has 3 nitrogen and oxygen atoms in total. The number of aryl methyl sites for hydroxylation is 2. The van der Waals surface area contributed by atoms with Gasteiger partial charge in [-0.1, -0.05) is 30.9 Å². The summed E-state index contributed by atoms with van der Waals surface area (Å²) < 4.78 is 5.57. The maximum absolute atomic E-state index is 5.97. The standard InChI is InChI=1S/C12H17ClN2O/c1-8-9(2)15-12(11(13)14-8)16-7-6-10-4-3-5-10/h10H,3-7H2,1-2H3. The monoisotopic (exact) mass is 240 g/mol. The summed E-state index contributed by atoms with van der Waals surface area (Å²) in [5.41, 5.74) is 1.74. The SMILES string of the molecule is Cc1nc(Cl)c(OCCC2CCC2)nc1C. The minimum Gasteiger partial charge on any atom is -0.475 e. The first-order valence-electron chi connectivity index (χ1n) is 5.80. The van der Waals surface area contributed by atoms with E-state index in [4.69, 9.17) is 16.3 Å². The topological polar surface area (TPSA) is 35.0 Å². The van der Waals surface area contributed by atoms with Crippen LogP contribution in [0.5, 0.6) is 5.88 Å². The van der Waals surface area contributed by atoms with Gasteiger partial charge in [0, 0.05) is 0 Å². The summed E-state index contributed by atoms with van der Waals surface area (Å²) >= 11 is 5.97. The van der Waals surface area contributed by atoms with E-state index in [1.165, 1.54) is 19.3 Å². The van der Waals surface area contributed by atoms with Crippen LogP contribution >= 0.6 is 11.6 Å².